The van der Waals surface area contributed by atoms with Crippen LogP contribution in [0.2, 0.25) is 0 Å². The van der Waals surface area contributed by atoms with Crippen molar-refractivity contribution in [1.29, 1.82) is 0 Å². The number of carbonyl (C=O) groups is 3. The minimum absolute atomic E-state index is 0.196. The summed E-state index contributed by atoms with van der Waals surface area (Å²) < 4.78 is 0. The zero-order chi connectivity index (χ0) is 15.4. The Bertz CT molecular complexity index is 583. The van der Waals surface area contributed by atoms with E-state index in [2.05, 4.69) is 5.32 Å². The van der Waals surface area contributed by atoms with Crippen molar-refractivity contribution in [3.63, 3.8) is 0 Å². The van der Waals surface area contributed by atoms with Gasteiger partial charge in [-0.25, -0.2) is 0 Å². The first kappa shape index (κ1) is 15.0. The van der Waals surface area contributed by atoms with Gasteiger partial charge in [-0.1, -0.05) is 6.42 Å². The Hall–Kier alpha value is -2.37. The normalized spacial score (nSPS) is 13.5. The fraction of sp³-hybridized carbons (Fsp3) is 0.400. The van der Waals surface area contributed by atoms with E-state index in [4.69, 9.17) is 5.11 Å². The number of fused-ring (bicyclic) bond motifs is 1. The first-order valence-corrected chi connectivity index (χ1v) is 6.93. The van der Waals surface area contributed by atoms with Gasteiger partial charge in [-0.3, -0.25) is 19.3 Å². The van der Waals surface area contributed by atoms with Gasteiger partial charge in [0.1, 0.15) is 0 Å². The zero-order valence-electron chi connectivity index (χ0n) is 11.9. The Morgan fingerprint density at radius 1 is 1.14 bits per heavy atom. The highest BCUT2D eigenvalue weighted by molar-refractivity contribution is 6.21. The van der Waals surface area contributed by atoms with Crippen LogP contribution in [0, 0.1) is 0 Å². The second-order valence-electron chi connectivity index (χ2n) is 5.06. The smallest absolute Gasteiger partial charge is 0.303 e. The van der Waals surface area contributed by atoms with Crippen molar-refractivity contribution in [2.24, 2.45) is 0 Å². The first-order chi connectivity index (χ1) is 10.0. The molecular weight excluding hydrogens is 272 g/mol. The molecule has 6 heteroatoms. The molecule has 0 aromatic heterocycles. The monoisotopic (exact) mass is 290 g/mol. The van der Waals surface area contributed by atoms with Crippen LogP contribution in [0.25, 0.3) is 0 Å². The number of carbonyl (C=O) groups excluding carboxylic acids is 2. The topological polar surface area (TPSA) is 86.7 Å². The summed E-state index contributed by atoms with van der Waals surface area (Å²) in [5.74, 6) is -1.32. The largest absolute Gasteiger partial charge is 0.481 e. The Balaban J connectivity index is 1.85. The molecule has 0 unspecified atom stereocenters. The second kappa shape index (κ2) is 6.39. The SMILES string of the molecule is CN1C(=O)c2ccc(NCCCCCC(=O)O)cc2C1=O. The summed E-state index contributed by atoms with van der Waals surface area (Å²) in [5, 5.41) is 11.7. The van der Waals surface area contributed by atoms with Gasteiger partial charge >= 0.3 is 5.97 Å². The van der Waals surface area contributed by atoms with Gasteiger partial charge in [-0.15, -0.1) is 0 Å². The summed E-state index contributed by atoms with van der Waals surface area (Å²) in [4.78, 5) is 35.1. The Kier molecular flexibility index (Phi) is 4.57. The standard InChI is InChI=1S/C15H18N2O4/c1-17-14(20)11-7-6-10(9-12(11)15(17)21)16-8-4-2-3-5-13(18)19/h6-7,9,16H,2-5,8H2,1H3,(H,18,19). The highest BCUT2D eigenvalue weighted by atomic mass is 16.4. The van der Waals surface area contributed by atoms with E-state index < -0.39 is 5.97 Å². The molecule has 0 spiro atoms. The number of carboxylic acids is 1. The van der Waals surface area contributed by atoms with Crippen LogP contribution in [0.15, 0.2) is 18.2 Å². The van der Waals surface area contributed by atoms with Crippen LogP contribution in [-0.4, -0.2) is 41.4 Å². The van der Waals surface area contributed by atoms with Crippen LogP contribution in [0.4, 0.5) is 5.69 Å². The lowest BCUT2D eigenvalue weighted by atomic mass is 10.1. The van der Waals surface area contributed by atoms with Crippen molar-refractivity contribution in [1.82, 2.24) is 4.90 Å². The molecule has 0 atom stereocenters. The van der Waals surface area contributed by atoms with E-state index in [0.29, 0.717) is 24.1 Å². The molecule has 0 radical (unpaired) electrons. The molecular formula is C15H18N2O4. The van der Waals surface area contributed by atoms with Gasteiger partial charge in [0.05, 0.1) is 11.1 Å². The number of rotatable bonds is 7. The van der Waals surface area contributed by atoms with E-state index in [0.717, 1.165) is 23.4 Å². The third-order valence-electron chi connectivity index (χ3n) is 3.49. The van der Waals surface area contributed by atoms with E-state index in [1.54, 1.807) is 18.2 Å². The van der Waals surface area contributed by atoms with E-state index >= 15 is 0 Å². The number of imide groups is 1. The Morgan fingerprint density at radius 3 is 2.57 bits per heavy atom. The molecule has 1 aliphatic heterocycles. The lowest BCUT2D eigenvalue weighted by molar-refractivity contribution is -0.137. The molecule has 6 nitrogen and oxygen atoms in total. The number of amides is 2. The summed E-state index contributed by atoms with van der Waals surface area (Å²) in [6.07, 6.45) is 2.56. The minimum atomic E-state index is -0.770. The van der Waals surface area contributed by atoms with Gasteiger partial charge < -0.3 is 10.4 Å². The molecule has 2 amide bonds. The molecule has 112 valence electrons. The molecule has 0 fully saturated rings. The number of hydrogen-bond donors (Lipinski definition) is 2. The number of unbranched alkanes of at least 4 members (excludes halogenated alkanes) is 2. The van der Waals surface area contributed by atoms with Crippen LogP contribution in [0.3, 0.4) is 0 Å². The molecule has 0 saturated heterocycles. The summed E-state index contributed by atoms with van der Waals surface area (Å²) >= 11 is 0. The van der Waals surface area contributed by atoms with Crippen LogP contribution in [-0.2, 0) is 4.79 Å². The van der Waals surface area contributed by atoms with Crippen molar-refractivity contribution in [2.45, 2.75) is 25.7 Å². The van der Waals surface area contributed by atoms with Crippen LogP contribution in [0.1, 0.15) is 46.4 Å². The Labute approximate surface area is 122 Å². The van der Waals surface area contributed by atoms with E-state index in [1.807, 2.05) is 0 Å². The maximum atomic E-state index is 11.9. The number of carboxylic acid groups (broad SMARTS) is 1. The number of hydrogen-bond acceptors (Lipinski definition) is 4. The van der Waals surface area contributed by atoms with Crippen LogP contribution in [0.5, 0.6) is 0 Å². The average Bonchev–Trinajstić information content (AvgIpc) is 2.67. The van der Waals surface area contributed by atoms with Crippen molar-refractivity contribution < 1.29 is 19.5 Å². The molecule has 0 saturated carbocycles. The third kappa shape index (κ3) is 3.39. The van der Waals surface area contributed by atoms with Crippen LogP contribution < -0.4 is 5.32 Å². The predicted molar refractivity (Wildman–Crippen MR) is 77.5 cm³/mol. The highest BCUT2D eigenvalue weighted by Gasteiger charge is 2.32. The van der Waals surface area contributed by atoms with Crippen molar-refractivity contribution in [2.75, 3.05) is 18.9 Å². The maximum absolute atomic E-state index is 11.9. The fourth-order valence-corrected chi connectivity index (χ4v) is 2.28. The summed E-state index contributed by atoms with van der Waals surface area (Å²) in [6, 6.07) is 5.13. The third-order valence-corrected chi connectivity index (χ3v) is 3.49. The Morgan fingerprint density at radius 2 is 1.86 bits per heavy atom. The number of nitrogens with zero attached hydrogens (tertiary/aromatic N) is 1. The molecule has 2 rings (SSSR count). The van der Waals surface area contributed by atoms with Crippen molar-refractivity contribution >= 4 is 23.5 Å². The van der Waals surface area contributed by atoms with Crippen molar-refractivity contribution in [3.05, 3.63) is 29.3 Å². The van der Waals surface area contributed by atoms with E-state index in [1.165, 1.54) is 7.05 Å². The number of nitrogens with one attached hydrogen (secondary N) is 1. The lowest BCUT2D eigenvalue weighted by Crippen LogP contribution is -2.24. The van der Waals surface area contributed by atoms with Gasteiger partial charge in [0, 0.05) is 25.7 Å². The molecule has 1 aromatic rings. The zero-order valence-corrected chi connectivity index (χ0v) is 11.9. The summed E-state index contributed by atoms with van der Waals surface area (Å²) in [6.45, 7) is 0.705. The molecule has 0 bridgehead atoms. The van der Waals surface area contributed by atoms with Gasteiger partial charge in [0.25, 0.3) is 11.8 Å². The molecule has 1 aromatic carbocycles. The van der Waals surface area contributed by atoms with Gasteiger partial charge in [0.2, 0.25) is 0 Å². The highest BCUT2D eigenvalue weighted by Crippen LogP contribution is 2.24. The van der Waals surface area contributed by atoms with E-state index in [-0.39, 0.29) is 18.2 Å². The van der Waals surface area contributed by atoms with Crippen molar-refractivity contribution in [3.8, 4) is 0 Å². The molecule has 1 aliphatic rings. The quantitative estimate of drug-likeness (QED) is 0.592. The number of benzene rings is 1. The second-order valence-corrected chi connectivity index (χ2v) is 5.06. The fourth-order valence-electron chi connectivity index (χ4n) is 2.28. The summed E-state index contributed by atoms with van der Waals surface area (Å²) in [5.41, 5.74) is 1.66. The van der Waals surface area contributed by atoms with Gasteiger partial charge in [-0.2, -0.15) is 0 Å². The average molecular weight is 290 g/mol. The van der Waals surface area contributed by atoms with Gasteiger partial charge in [0.15, 0.2) is 0 Å². The molecule has 2 N–H and O–H groups in total. The number of anilines is 1. The number of aliphatic carboxylic acids is 1. The molecule has 21 heavy (non-hydrogen) atoms. The van der Waals surface area contributed by atoms with Gasteiger partial charge in [-0.05, 0) is 31.0 Å². The minimum Gasteiger partial charge on any atom is -0.481 e. The van der Waals surface area contributed by atoms with E-state index in [9.17, 15) is 14.4 Å². The maximum Gasteiger partial charge on any atom is 0.303 e. The summed E-state index contributed by atoms with van der Waals surface area (Å²) in [7, 11) is 1.47. The predicted octanol–water partition coefficient (Wildman–Crippen LogP) is 1.97. The lowest BCUT2D eigenvalue weighted by Gasteiger charge is -2.07. The molecule has 0 aliphatic carbocycles. The molecule has 1 heterocycles. The van der Waals surface area contributed by atoms with Crippen LogP contribution >= 0.6 is 0 Å². The first-order valence-electron chi connectivity index (χ1n) is 6.93.